The fourth-order valence-corrected chi connectivity index (χ4v) is 2.76. The highest BCUT2D eigenvalue weighted by molar-refractivity contribution is 9.10. The molecule has 0 spiro atoms. The summed E-state index contributed by atoms with van der Waals surface area (Å²) in [5.41, 5.74) is 1.28. The summed E-state index contributed by atoms with van der Waals surface area (Å²) in [6.07, 6.45) is 0.0750. The topological polar surface area (TPSA) is 56.8 Å². The van der Waals surface area contributed by atoms with Gasteiger partial charge in [0.2, 0.25) is 11.7 Å². The number of benzene rings is 2. The van der Waals surface area contributed by atoms with Gasteiger partial charge in [0.05, 0.1) is 32.8 Å². The van der Waals surface area contributed by atoms with E-state index in [4.69, 9.17) is 25.8 Å². The van der Waals surface area contributed by atoms with Gasteiger partial charge in [0.1, 0.15) is 0 Å². The molecule has 0 saturated heterocycles. The van der Waals surface area contributed by atoms with Gasteiger partial charge in [-0.15, -0.1) is 0 Å². The molecule has 5 nitrogen and oxygen atoms in total. The lowest BCUT2D eigenvalue weighted by atomic mass is 10.1. The number of carbonyl (C=O) groups is 1. The first-order valence-corrected chi connectivity index (χ1v) is 8.20. The summed E-state index contributed by atoms with van der Waals surface area (Å²) in [7, 11) is 4.49. The van der Waals surface area contributed by atoms with Gasteiger partial charge in [0.25, 0.3) is 0 Å². The zero-order valence-electron chi connectivity index (χ0n) is 13.5. The van der Waals surface area contributed by atoms with Crippen LogP contribution in [0.25, 0.3) is 0 Å². The number of ether oxygens (including phenoxy) is 3. The predicted octanol–water partition coefficient (Wildman–Crippen LogP) is 4.31. The average molecular weight is 415 g/mol. The first-order chi connectivity index (χ1) is 11.5. The minimum atomic E-state index is -0.200. The van der Waals surface area contributed by atoms with E-state index < -0.39 is 0 Å². The molecule has 0 aliphatic rings. The van der Waals surface area contributed by atoms with Gasteiger partial charge < -0.3 is 19.5 Å². The molecule has 24 heavy (non-hydrogen) atoms. The Hall–Kier alpha value is -1.92. The second kappa shape index (κ2) is 8.26. The normalized spacial score (nSPS) is 10.2. The second-order valence-corrected chi connectivity index (χ2v) is 6.14. The first kappa shape index (κ1) is 18.4. The Morgan fingerprint density at radius 1 is 1.08 bits per heavy atom. The molecule has 2 aromatic rings. The summed E-state index contributed by atoms with van der Waals surface area (Å²) in [5, 5.41) is 3.14. The van der Waals surface area contributed by atoms with Crippen LogP contribution in [0, 0.1) is 0 Å². The fraction of sp³-hybridized carbons (Fsp3) is 0.235. The lowest BCUT2D eigenvalue weighted by Crippen LogP contribution is -2.15. The molecule has 0 aliphatic heterocycles. The number of hydrogen-bond acceptors (Lipinski definition) is 4. The van der Waals surface area contributed by atoms with Crippen LogP contribution in [0.5, 0.6) is 17.2 Å². The number of rotatable bonds is 6. The summed E-state index contributed by atoms with van der Waals surface area (Å²) in [5.74, 6) is 0.978. The van der Waals surface area contributed by atoms with E-state index in [0.717, 1.165) is 4.47 Å². The molecule has 7 heteroatoms. The standard InChI is InChI=1S/C17H17BrClNO4/c1-22-13-8-10(15(19)17(24-3)16(13)23-2)9-14(21)20-12-6-4-11(18)5-7-12/h4-8H,9H2,1-3H3,(H,20,21). The second-order valence-electron chi connectivity index (χ2n) is 4.85. The van der Waals surface area contributed by atoms with Crippen LogP contribution in [-0.2, 0) is 11.2 Å². The van der Waals surface area contributed by atoms with E-state index in [-0.39, 0.29) is 12.3 Å². The number of amides is 1. The predicted molar refractivity (Wildman–Crippen MR) is 97.6 cm³/mol. The maximum absolute atomic E-state index is 12.3. The average Bonchev–Trinajstić information content (AvgIpc) is 2.58. The summed E-state index contributed by atoms with van der Waals surface area (Å²) in [4.78, 5) is 12.3. The summed E-state index contributed by atoms with van der Waals surface area (Å²) < 4.78 is 16.8. The van der Waals surface area contributed by atoms with Crippen molar-refractivity contribution in [2.24, 2.45) is 0 Å². The highest BCUT2D eigenvalue weighted by Crippen LogP contribution is 2.44. The minimum absolute atomic E-state index is 0.0750. The molecule has 128 valence electrons. The molecule has 0 bridgehead atoms. The molecule has 1 amide bonds. The molecule has 0 unspecified atom stereocenters. The Labute approximate surface area is 154 Å². The molecule has 0 atom stereocenters. The maximum atomic E-state index is 12.3. The van der Waals surface area contributed by atoms with Crippen LogP contribution >= 0.6 is 27.5 Å². The number of methoxy groups -OCH3 is 3. The van der Waals surface area contributed by atoms with Crippen molar-refractivity contribution in [1.82, 2.24) is 0 Å². The van der Waals surface area contributed by atoms with Crippen molar-refractivity contribution in [2.75, 3.05) is 26.6 Å². The van der Waals surface area contributed by atoms with Crippen molar-refractivity contribution >= 4 is 39.1 Å². The molecular weight excluding hydrogens is 398 g/mol. The van der Waals surface area contributed by atoms with Gasteiger partial charge in [-0.2, -0.15) is 0 Å². The lowest BCUT2D eigenvalue weighted by Gasteiger charge is -2.16. The van der Waals surface area contributed by atoms with Gasteiger partial charge in [-0.3, -0.25) is 4.79 Å². The van der Waals surface area contributed by atoms with Gasteiger partial charge in [-0.05, 0) is 35.9 Å². The zero-order valence-corrected chi connectivity index (χ0v) is 15.8. The molecule has 0 saturated carbocycles. The summed E-state index contributed by atoms with van der Waals surface area (Å²) in [6.45, 7) is 0. The third-order valence-corrected chi connectivity index (χ3v) is 4.27. The van der Waals surface area contributed by atoms with E-state index in [2.05, 4.69) is 21.2 Å². The van der Waals surface area contributed by atoms with Crippen LogP contribution in [-0.4, -0.2) is 27.2 Å². The molecule has 2 rings (SSSR count). The Kier molecular flexibility index (Phi) is 6.34. The van der Waals surface area contributed by atoms with Crippen molar-refractivity contribution in [3.63, 3.8) is 0 Å². The Bertz CT molecular complexity index is 734. The van der Waals surface area contributed by atoms with Crippen molar-refractivity contribution in [3.8, 4) is 17.2 Å². The van der Waals surface area contributed by atoms with Crippen molar-refractivity contribution < 1.29 is 19.0 Å². The van der Waals surface area contributed by atoms with E-state index in [1.807, 2.05) is 12.1 Å². The number of anilines is 1. The Morgan fingerprint density at radius 3 is 2.25 bits per heavy atom. The third kappa shape index (κ3) is 4.13. The molecule has 0 fully saturated rings. The van der Waals surface area contributed by atoms with Crippen molar-refractivity contribution in [2.45, 2.75) is 6.42 Å². The Morgan fingerprint density at radius 2 is 1.71 bits per heavy atom. The van der Waals surface area contributed by atoms with Crippen LogP contribution in [0.1, 0.15) is 5.56 Å². The smallest absolute Gasteiger partial charge is 0.228 e. The highest BCUT2D eigenvalue weighted by Gasteiger charge is 2.20. The Balaban J connectivity index is 2.25. The van der Waals surface area contributed by atoms with Crippen molar-refractivity contribution in [1.29, 1.82) is 0 Å². The molecule has 2 aromatic carbocycles. The van der Waals surface area contributed by atoms with Gasteiger partial charge in [0, 0.05) is 10.2 Å². The van der Waals surface area contributed by atoms with Gasteiger partial charge in [-0.1, -0.05) is 27.5 Å². The monoisotopic (exact) mass is 413 g/mol. The van der Waals surface area contributed by atoms with Gasteiger partial charge in [-0.25, -0.2) is 0 Å². The van der Waals surface area contributed by atoms with E-state index in [9.17, 15) is 4.79 Å². The van der Waals surface area contributed by atoms with E-state index in [1.54, 1.807) is 18.2 Å². The van der Waals surface area contributed by atoms with Crippen LogP contribution in [0.2, 0.25) is 5.02 Å². The fourth-order valence-electron chi connectivity index (χ4n) is 2.21. The third-order valence-electron chi connectivity index (χ3n) is 3.32. The molecular formula is C17H17BrClNO4. The number of halogens is 2. The SMILES string of the molecule is COc1cc(CC(=O)Nc2ccc(Br)cc2)c(Cl)c(OC)c1OC. The maximum Gasteiger partial charge on any atom is 0.228 e. The van der Waals surface area contributed by atoms with Crippen molar-refractivity contribution in [3.05, 3.63) is 45.4 Å². The van der Waals surface area contributed by atoms with E-state index in [0.29, 0.717) is 33.5 Å². The van der Waals surface area contributed by atoms with Crippen LogP contribution < -0.4 is 19.5 Å². The number of hydrogen-bond donors (Lipinski definition) is 1. The van der Waals surface area contributed by atoms with Gasteiger partial charge >= 0.3 is 0 Å². The minimum Gasteiger partial charge on any atom is -0.493 e. The highest BCUT2D eigenvalue weighted by atomic mass is 79.9. The molecule has 1 N–H and O–H groups in total. The summed E-state index contributed by atoms with van der Waals surface area (Å²) >= 11 is 9.69. The molecule has 0 aromatic heterocycles. The van der Waals surface area contributed by atoms with E-state index >= 15 is 0 Å². The van der Waals surface area contributed by atoms with Gasteiger partial charge in [0.15, 0.2) is 11.5 Å². The largest absolute Gasteiger partial charge is 0.493 e. The molecule has 0 aliphatic carbocycles. The lowest BCUT2D eigenvalue weighted by molar-refractivity contribution is -0.115. The summed E-state index contributed by atoms with van der Waals surface area (Å²) in [6, 6.07) is 8.98. The van der Waals surface area contributed by atoms with Crippen LogP contribution in [0.15, 0.2) is 34.8 Å². The molecule has 0 heterocycles. The van der Waals surface area contributed by atoms with Crippen LogP contribution in [0.3, 0.4) is 0 Å². The number of carbonyl (C=O) groups excluding carboxylic acids is 1. The van der Waals surface area contributed by atoms with E-state index in [1.165, 1.54) is 21.3 Å². The number of nitrogens with one attached hydrogen (secondary N) is 1. The zero-order chi connectivity index (χ0) is 17.7. The quantitative estimate of drug-likeness (QED) is 0.765. The molecule has 0 radical (unpaired) electrons. The first-order valence-electron chi connectivity index (χ1n) is 7.03. The van der Waals surface area contributed by atoms with Crippen LogP contribution in [0.4, 0.5) is 5.69 Å².